The first-order valence-corrected chi connectivity index (χ1v) is 11.3. The van der Waals surface area contributed by atoms with Crippen LogP contribution in [0.2, 0.25) is 5.02 Å². The number of halogens is 1. The van der Waals surface area contributed by atoms with Gasteiger partial charge < -0.3 is 10.6 Å². The Bertz CT molecular complexity index is 974. The number of carbonyl (C=O) groups is 2. The SMILES string of the molecule is C=CCNS(=O)(=O)Cc1ccc(NC(=O)CCCNC(=O)c2ccc(Cl)cc2)cc1. The summed E-state index contributed by atoms with van der Waals surface area (Å²) in [5, 5.41) is 6.06. The minimum Gasteiger partial charge on any atom is -0.352 e. The fourth-order valence-electron chi connectivity index (χ4n) is 2.52. The molecule has 0 aliphatic rings. The zero-order valence-electron chi connectivity index (χ0n) is 16.4. The molecule has 3 N–H and O–H groups in total. The van der Waals surface area contributed by atoms with Gasteiger partial charge in [-0.15, -0.1) is 6.58 Å². The van der Waals surface area contributed by atoms with Crippen molar-refractivity contribution in [1.29, 1.82) is 0 Å². The van der Waals surface area contributed by atoms with Crippen LogP contribution in [0.15, 0.2) is 61.2 Å². The maximum absolute atomic E-state index is 12.0. The molecule has 0 saturated carbocycles. The van der Waals surface area contributed by atoms with Gasteiger partial charge in [0.15, 0.2) is 0 Å². The Kier molecular flexibility index (Phi) is 9.04. The smallest absolute Gasteiger partial charge is 0.251 e. The van der Waals surface area contributed by atoms with Crippen molar-refractivity contribution in [2.45, 2.75) is 18.6 Å². The Balaban J connectivity index is 1.72. The Morgan fingerprint density at radius 2 is 1.70 bits per heavy atom. The lowest BCUT2D eigenvalue weighted by atomic mass is 10.2. The van der Waals surface area contributed by atoms with Crippen molar-refractivity contribution in [2.24, 2.45) is 0 Å². The summed E-state index contributed by atoms with van der Waals surface area (Å²) in [6, 6.07) is 13.1. The van der Waals surface area contributed by atoms with Crippen LogP contribution in [-0.2, 0) is 20.6 Å². The molecule has 0 bridgehead atoms. The van der Waals surface area contributed by atoms with Crippen molar-refractivity contribution >= 4 is 39.1 Å². The lowest BCUT2D eigenvalue weighted by molar-refractivity contribution is -0.116. The van der Waals surface area contributed by atoms with E-state index >= 15 is 0 Å². The number of nitrogens with one attached hydrogen (secondary N) is 3. The summed E-state index contributed by atoms with van der Waals surface area (Å²) in [5.41, 5.74) is 1.69. The molecule has 2 rings (SSSR count). The molecule has 0 saturated heterocycles. The molecule has 30 heavy (non-hydrogen) atoms. The highest BCUT2D eigenvalue weighted by Crippen LogP contribution is 2.13. The van der Waals surface area contributed by atoms with Crippen molar-refractivity contribution in [1.82, 2.24) is 10.0 Å². The molecule has 0 fully saturated rings. The molecule has 0 unspecified atom stereocenters. The zero-order chi connectivity index (χ0) is 22.0. The molecule has 2 amide bonds. The summed E-state index contributed by atoms with van der Waals surface area (Å²) in [7, 11) is -3.43. The third-order valence-corrected chi connectivity index (χ3v) is 5.59. The van der Waals surface area contributed by atoms with E-state index < -0.39 is 10.0 Å². The van der Waals surface area contributed by atoms with E-state index in [1.54, 1.807) is 48.5 Å². The van der Waals surface area contributed by atoms with Crippen molar-refractivity contribution < 1.29 is 18.0 Å². The summed E-state index contributed by atoms with van der Waals surface area (Å²) < 4.78 is 26.1. The van der Waals surface area contributed by atoms with E-state index in [-0.39, 0.29) is 30.5 Å². The van der Waals surface area contributed by atoms with Gasteiger partial charge in [0.2, 0.25) is 15.9 Å². The van der Waals surface area contributed by atoms with Crippen LogP contribution in [0.1, 0.15) is 28.8 Å². The molecule has 2 aromatic rings. The summed E-state index contributed by atoms with van der Waals surface area (Å²) in [4.78, 5) is 24.0. The van der Waals surface area contributed by atoms with Crippen LogP contribution in [-0.4, -0.2) is 33.3 Å². The fraction of sp³-hybridized carbons (Fsp3) is 0.238. The van der Waals surface area contributed by atoms with Gasteiger partial charge in [-0.2, -0.15) is 0 Å². The lowest BCUT2D eigenvalue weighted by Gasteiger charge is -2.08. The molecule has 0 aliphatic carbocycles. The summed E-state index contributed by atoms with van der Waals surface area (Å²) in [5.74, 6) is -0.563. The molecular weight excluding hydrogens is 426 g/mol. The van der Waals surface area contributed by atoms with Gasteiger partial charge in [-0.3, -0.25) is 9.59 Å². The fourth-order valence-corrected chi connectivity index (χ4v) is 3.75. The molecule has 0 heterocycles. The van der Waals surface area contributed by atoms with Crippen molar-refractivity contribution in [2.75, 3.05) is 18.4 Å². The van der Waals surface area contributed by atoms with E-state index in [0.29, 0.717) is 34.8 Å². The van der Waals surface area contributed by atoms with Crippen LogP contribution in [0.3, 0.4) is 0 Å². The highest BCUT2D eigenvalue weighted by atomic mass is 35.5. The molecule has 0 radical (unpaired) electrons. The average Bonchev–Trinajstić information content (AvgIpc) is 2.71. The highest BCUT2D eigenvalue weighted by molar-refractivity contribution is 7.88. The molecular formula is C21H24ClN3O4S. The molecule has 2 aromatic carbocycles. The van der Waals surface area contributed by atoms with E-state index in [0.717, 1.165) is 0 Å². The molecule has 9 heteroatoms. The topological polar surface area (TPSA) is 104 Å². The van der Waals surface area contributed by atoms with Gasteiger partial charge in [-0.25, -0.2) is 13.1 Å². The predicted octanol–water partition coefficient (Wildman–Crippen LogP) is 3.09. The van der Waals surface area contributed by atoms with Crippen LogP contribution in [0.25, 0.3) is 0 Å². The lowest BCUT2D eigenvalue weighted by Crippen LogP contribution is -2.25. The van der Waals surface area contributed by atoms with Crippen LogP contribution in [0.4, 0.5) is 5.69 Å². The number of sulfonamides is 1. The van der Waals surface area contributed by atoms with Crippen LogP contribution >= 0.6 is 11.6 Å². The van der Waals surface area contributed by atoms with Gasteiger partial charge in [0, 0.05) is 35.8 Å². The van der Waals surface area contributed by atoms with Crippen molar-refractivity contribution in [3.63, 3.8) is 0 Å². The Labute approximate surface area is 181 Å². The monoisotopic (exact) mass is 449 g/mol. The number of hydrogen-bond acceptors (Lipinski definition) is 4. The highest BCUT2D eigenvalue weighted by Gasteiger charge is 2.10. The number of anilines is 1. The van der Waals surface area contributed by atoms with Gasteiger partial charge in [0.05, 0.1) is 5.75 Å². The maximum Gasteiger partial charge on any atom is 0.251 e. The van der Waals surface area contributed by atoms with Gasteiger partial charge in [-0.05, 0) is 48.4 Å². The number of hydrogen-bond donors (Lipinski definition) is 3. The van der Waals surface area contributed by atoms with Crippen molar-refractivity contribution in [3.8, 4) is 0 Å². The third-order valence-electron chi connectivity index (χ3n) is 4.01. The quantitative estimate of drug-likeness (QED) is 0.362. The van der Waals surface area contributed by atoms with Gasteiger partial charge >= 0.3 is 0 Å². The van der Waals surface area contributed by atoms with Crippen LogP contribution in [0.5, 0.6) is 0 Å². The molecule has 160 valence electrons. The largest absolute Gasteiger partial charge is 0.352 e. The summed E-state index contributed by atoms with van der Waals surface area (Å²) in [6.07, 6.45) is 2.19. The second-order valence-electron chi connectivity index (χ2n) is 6.51. The first-order chi connectivity index (χ1) is 14.3. The Hall–Kier alpha value is -2.68. The van der Waals surface area contributed by atoms with E-state index in [4.69, 9.17) is 11.6 Å². The van der Waals surface area contributed by atoms with Gasteiger partial charge in [0.25, 0.3) is 5.91 Å². The average molecular weight is 450 g/mol. The van der Waals surface area contributed by atoms with E-state index in [2.05, 4.69) is 21.9 Å². The second-order valence-corrected chi connectivity index (χ2v) is 8.75. The Morgan fingerprint density at radius 1 is 1.03 bits per heavy atom. The second kappa shape index (κ2) is 11.5. The summed E-state index contributed by atoms with van der Waals surface area (Å²) in [6.45, 7) is 4.01. The van der Waals surface area contributed by atoms with Gasteiger partial charge in [-0.1, -0.05) is 29.8 Å². The molecule has 7 nitrogen and oxygen atoms in total. The standard InChI is InChI=1S/C21H24ClN3O4S/c1-2-13-24-30(28,29)15-16-5-11-19(12-6-16)25-20(26)4-3-14-23-21(27)17-7-9-18(22)10-8-17/h2,5-12,24H,1,3-4,13-15H2,(H,23,27)(H,25,26). The third kappa shape index (κ3) is 8.36. The van der Waals surface area contributed by atoms with Crippen LogP contribution in [0, 0.1) is 0 Å². The van der Waals surface area contributed by atoms with Gasteiger partial charge in [0.1, 0.15) is 0 Å². The number of benzene rings is 2. The zero-order valence-corrected chi connectivity index (χ0v) is 17.9. The molecule has 0 atom stereocenters. The van der Waals surface area contributed by atoms with E-state index in [1.165, 1.54) is 6.08 Å². The molecule has 0 aromatic heterocycles. The normalized spacial score (nSPS) is 11.0. The van der Waals surface area contributed by atoms with Crippen LogP contribution < -0.4 is 15.4 Å². The predicted molar refractivity (Wildman–Crippen MR) is 119 cm³/mol. The maximum atomic E-state index is 12.0. The molecule has 0 aliphatic heterocycles. The number of amides is 2. The number of rotatable bonds is 11. The first kappa shape index (κ1) is 23.6. The summed E-state index contributed by atoms with van der Waals surface area (Å²) >= 11 is 5.79. The Morgan fingerprint density at radius 3 is 2.33 bits per heavy atom. The van der Waals surface area contributed by atoms with Crippen molar-refractivity contribution in [3.05, 3.63) is 77.3 Å². The minimum atomic E-state index is -3.43. The molecule has 0 spiro atoms. The van der Waals surface area contributed by atoms with E-state index in [9.17, 15) is 18.0 Å². The number of carbonyl (C=O) groups excluding carboxylic acids is 2. The van der Waals surface area contributed by atoms with E-state index in [1.807, 2.05) is 0 Å². The minimum absolute atomic E-state index is 0.150. The first-order valence-electron chi connectivity index (χ1n) is 9.30.